The summed E-state index contributed by atoms with van der Waals surface area (Å²) in [7, 11) is 0. The molecule has 0 bridgehead atoms. The highest BCUT2D eigenvalue weighted by Gasteiger charge is 2.35. The topological polar surface area (TPSA) is 84.0 Å². The van der Waals surface area contributed by atoms with Crippen molar-refractivity contribution in [3.05, 3.63) is 23.8 Å². The fourth-order valence-electron chi connectivity index (χ4n) is 2.98. The van der Waals surface area contributed by atoms with Crippen LogP contribution in [-0.4, -0.2) is 26.1 Å². The summed E-state index contributed by atoms with van der Waals surface area (Å²) in [5.41, 5.74) is 2.56. The second kappa shape index (κ2) is 6.62. The number of hydrogen-bond acceptors (Lipinski definition) is 5. The number of carbonyl (C=O) groups is 2. The molecule has 1 saturated heterocycles. The maximum absolute atomic E-state index is 12.1. The molecule has 23 heavy (non-hydrogen) atoms. The van der Waals surface area contributed by atoms with Gasteiger partial charge in [0.15, 0.2) is 0 Å². The quantitative estimate of drug-likeness (QED) is 0.849. The largest absolute Gasteiger partial charge is 0.352 e. The molecule has 0 spiro atoms. The van der Waals surface area contributed by atoms with E-state index in [4.69, 9.17) is 0 Å². The van der Waals surface area contributed by atoms with Gasteiger partial charge in [0.1, 0.15) is 11.0 Å². The van der Waals surface area contributed by atoms with E-state index in [-0.39, 0.29) is 17.4 Å². The van der Waals surface area contributed by atoms with Crippen molar-refractivity contribution in [3.8, 4) is 0 Å². The molecule has 1 aliphatic heterocycles. The number of nitrogens with zero attached hydrogens (tertiary/aromatic N) is 2. The molecule has 1 atom stereocenters. The van der Waals surface area contributed by atoms with E-state index in [1.807, 2.05) is 18.2 Å². The van der Waals surface area contributed by atoms with E-state index in [9.17, 15) is 9.59 Å². The molecule has 1 aromatic heterocycles. The van der Waals surface area contributed by atoms with Crippen LogP contribution in [0.5, 0.6) is 0 Å². The Labute approximate surface area is 139 Å². The molecule has 2 aromatic rings. The van der Waals surface area contributed by atoms with E-state index >= 15 is 0 Å². The highest BCUT2D eigenvalue weighted by Crippen LogP contribution is 2.28. The second-order valence-corrected chi connectivity index (χ2v) is 6.57. The molecule has 2 N–H and O–H groups in total. The molecule has 2 heterocycles. The summed E-state index contributed by atoms with van der Waals surface area (Å²) in [5, 5.41) is 5.97. The third kappa shape index (κ3) is 3.67. The van der Waals surface area contributed by atoms with Crippen LogP contribution in [0, 0.1) is 0 Å². The normalized spacial score (nSPS) is 20.7. The lowest BCUT2D eigenvalue weighted by Gasteiger charge is -2.27. The van der Waals surface area contributed by atoms with Crippen LogP contribution < -0.4 is 10.6 Å². The number of nitrogens with one attached hydrogen (secondary N) is 2. The molecule has 6 nitrogen and oxygen atoms in total. The van der Waals surface area contributed by atoms with Gasteiger partial charge in [0, 0.05) is 24.9 Å². The van der Waals surface area contributed by atoms with E-state index in [0.717, 1.165) is 29.4 Å². The number of fused-ring (bicyclic) bond motifs is 1. The fraction of sp³-hybridized carbons (Fsp3) is 0.500. The first-order valence-corrected chi connectivity index (χ1v) is 8.62. The van der Waals surface area contributed by atoms with E-state index in [1.165, 1.54) is 11.7 Å². The number of aromatic nitrogens is 2. The summed E-state index contributed by atoms with van der Waals surface area (Å²) in [6, 6.07) is 5.82. The molecule has 3 rings (SSSR count). The monoisotopic (exact) mass is 332 g/mol. The smallest absolute Gasteiger partial charge is 0.220 e. The third-order valence-corrected chi connectivity index (χ3v) is 5.11. The zero-order chi connectivity index (χ0) is 16.3. The van der Waals surface area contributed by atoms with Crippen molar-refractivity contribution in [3.63, 3.8) is 0 Å². The Balaban J connectivity index is 1.50. The average molecular weight is 332 g/mol. The minimum atomic E-state index is -0.195. The highest BCUT2D eigenvalue weighted by molar-refractivity contribution is 7.00. The predicted octanol–water partition coefficient (Wildman–Crippen LogP) is 2.15. The number of rotatable bonds is 6. The van der Waals surface area contributed by atoms with Crippen LogP contribution in [0.3, 0.4) is 0 Å². The summed E-state index contributed by atoms with van der Waals surface area (Å²) in [4.78, 5) is 23.5. The van der Waals surface area contributed by atoms with Gasteiger partial charge in [0.2, 0.25) is 11.8 Å². The van der Waals surface area contributed by atoms with Gasteiger partial charge in [-0.15, -0.1) is 0 Å². The Kier molecular flexibility index (Phi) is 4.56. The Morgan fingerprint density at radius 1 is 1.39 bits per heavy atom. The van der Waals surface area contributed by atoms with Crippen molar-refractivity contribution in [1.29, 1.82) is 0 Å². The van der Waals surface area contributed by atoms with Gasteiger partial charge in [0.05, 0.1) is 11.7 Å². The zero-order valence-electron chi connectivity index (χ0n) is 13.1. The van der Waals surface area contributed by atoms with Crippen LogP contribution in [-0.2, 0) is 16.1 Å². The Morgan fingerprint density at radius 3 is 2.96 bits per heavy atom. The maximum atomic E-state index is 12.1. The molecule has 0 unspecified atom stereocenters. The molecule has 1 fully saturated rings. The highest BCUT2D eigenvalue weighted by atomic mass is 32.1. The standard InChI is InChI=1S/C16H20N4O2S/c1-2-16(8-6-15(22)18-16)7-5-14(21)17-10-11-3-4-12-13(9-11)20-23-19-12/h3-4,9H,2,5-8,10H2,1H3,(H,17,21)(H,18,22)/t16-/m0/s1. The van der Waals surface area contributed by atoms with Crippen molar-refractivity contribution >= 4 is 34.6 Å². The zero-order valence-corrected chi connectivity index (χ0v) is 13.9. The Hall–Kier alpha value is -2.02. The van der Waals surface area contributed by atoms with Gasteiger partial charge in [-0.25, -0.2) is 0 Å². The Bertz CT molecular complexity index is 730. The van der Waals surface area contributed by atoms with Crippen LogP contribution >= 0.6 is 11.7 Å². The summed E-state index contributed by atoms with van der Waals surface area (Å²) in [5.74, 6) is 0.105. The number of hydrogen-bond donors (Lipinski definition) is 2. The molecular formula is C16H20N4O2S. The predicted molar refractivity (Wildman–Crippen MR) is 88.9 cm³/mol. The van der Waals surface area contributed by atoms with Gasteiger partial charge in [-0.3, -0.25) is 9.59 Å². The molecule has 7 heteroatoms. The van der Waals surface area contributed by atoms with Crippen LogP contribution in [0.25, 0.3) is 11.0 Å². The van der Waals surface area contributed by atoms with Crippen molar-refractivity contribution < 1.29 is 9.59 Å². The number of carbonyl (C=O) groups excluding carboxylic acids is 2. The van der Waals surface area contributed by atoms with Crippen molar-refractivity contribution in [2.75, 3.05) is 0 Å². The molecule has 122 valence electrons. The molecule has 2 amide bonds. The first-order chi connectivity index (χ1) is 11.1. The van der Waals surface area contributed by atoms with Crippen LogP contribution in [0.4, 0.5) is 0 Å². The summed E-state index contributed by atoms with van der Waals surface area (Å²) < 4.78 is 8.36. The minimum absolute atomic E-state index is 0.00970. The lowest BCUT2D eigenvalue weighted by atomic mass is 9.89. The van der Waals surface area contributed by atoms with Crippen LogP contribution in [0.2, 0.25) is 0 Å². The summed E-state index contributed by atoms with van der Waals surface area (Å²) >= 11 is 1.19. The number of amides is 2. The van der Waals surface area contributed by atoms with Crippen molar-refractivity contribution in [2.24, 2.45) is 0 Å². The van der Waals surface area contributed by atoms with Crippen LogP contribution in [0.15, 0.2) is 18.2 Å². The Morgan fingerprint density at radius 2 is 2.22 bits per heavy atom. The van der Waals surface area contributed by atoms with Gasteiger partial charge >= 0.3 is 0 Å². The molecule has 0 radical (unpaired) electrons. The molecule has 1 aromatic carbocycles. The maximum Gasteiger partial charge on any atom is 0.220 e. The van der Waals surface area contributed by atoms with Crippen molar-refractivity contribution in [1.82, 2.24) is 19.4 Å². The molecule has 1 aliphatic rings. The van der Waals surface area contributed by atoms with Gasteiger partial charge in [0.25, 0.3) is 0 Å². The minimum Gasteiger partial charge on any atom is -0.352 e. The average Bonchev–Trinajstić information content (AvgIpc) is 3.17. The van der Waals surface area contributed by atoms with Gasteiger partial charge < -0.3 is 10.6 Å². The summed E-state index contributed by atoms with van der Waals surface area (Å²) in [6.45, 7) is 2.54. The third-order valence-electron chi connectivity index (χ3n) is 4.55. The molecular weight excluding hydrogens is 312 g/mol. The SMILES string of the molecule is CC[C@]1(CCC(=O)NCc2ccc3nsnc3c2)CCC(=O)N1. The van der Waals surface area contributed by atoms with Gasteiger partial charge in [-0.2, -0.15) is 8.75 Å². The van der Waals surface area contributed by atoms with Crippen LogP contribution in [0.1, 0.15) is 44.6 Å². The first-order valence-electron chi connectivity index (χ1n) is 7.89. The lowest BCUT2D eigenvalue weighted by molar-refractivity contribution is -0.122. The van der Waals surface area contributed by atoms with Gasteiger partial charge in [-0.05, 0) is 37.0 Å². The van der Waals surface area contributed by atoms with E-state index in [2.05, 4.69) is 26.3 Å². The van der Waals surface area contributed by atoms with Gasteiger partial charge in [-0.1, -0.05) is 13.0 Å². The molecule has 0 aliphatic carbocycles. The lowest BCUT2D eigenvalue weighted by Crippen LogP contribution is -2.42. The van der Waals surface area contributed by atoms with Crippen molar-refractivity contribution in [2.45, 2.75) is 51.1 Å². The molecule has 0 saturated carbocycles. The fourth-order valence-corrected chi connectivity index (χ4v) is 3.50. The first kappa shape index (κ1) is 15.9. The van der Waals surface area contributed by atoms with E-state index < -0.39 is 0 Å². The number of benzene rings is 1. The van der Waals surface area contributed by atoms with E-state index in [1.54, 1.807) is 0 Å². The second-order valence-electron chi connectivity index (χ2n) is 6.05. The summed E-state index contributed by atoms with van der Waals surface area (Å²) in [6.07, 6.45) is 3.37. The van der Waals surface area contributed by atoms with E-state index in [0.29, 0.717) is 25.8 Å².